The van der Waals surface area contributed by atoms with E-state index >= 15 is 0 Å². The Bertz CT molecular complexity index is 552. The molecule has 1 heterocycles. The second-order valence-electron chi connectivity index (χ2n) is 4.12. The van der Waals surface area contributed by atoms with Crippen molar-refractivity contribution in [2.75, 3.05) is 7.11 Å². The number of carbonyl (C=O) groups is 1. The van der Waals surface area contributed by atoms with Gasteiger partial charge in [-0.05, 0) is 24.3 Å². The number of aromatic nitrogens is 1. The number of hydrogen-bond acceptors (Lipinski definition) is 2. The third-order valence-corrected chi connectivity index (χ3v) is 2.89. The standard InChI is InChI=1S/C15H16NO2.BrH/c1-12-5-3-4-10-16(12)11-15(17)13-6-8-14(18-2)9-7-13;/h3-10H,11H2,1-2H3;1H/q+1;/p-1. The van der Waals surface area contributed by atoms with Gasteiger partial charge >= 0.3 is 0 Å². The van der Waals surface area contributed by atoms with E-state index in [1.165, 1.54) is 0 Å². The minimum atomic E-state index is 0. The van der Waals surface area contributed by atoms with Gasteiger partial charge in [-0.25, -0.2) is 0 Å². The Morgan fingerprint density at radius 3 is 2.42 bits per heavy atom. The molecule has 2 aromatic rings. The van der Waals surface area contributed by atoms with Crippen molar-refractivity contribution in [3.8, 4) is 5.75 Å². The normalized spacial score (nSPS) is 9.58. The van der Waals surface area contributed by atoms with E-state index in [2.05, 4.69) is 0 Å². The van der Waals surface area contributed by atoms with Crippen LogP contribution in [0.3, 0.4) is 0 Å². The molecule has 19 heavy (non-hydrogen) atoms. The number of nitrogens with zero attached hydrogens (tertiary/aromatic N) is 1. The van der Waals surface area contributed by atoms with Gasteiger partial charge in [-0.3, -0.25) is 4.79 Å². The summed E-state index contributed by atoms with van der Waals surface area (Å²) in [4.78, 5) is 12.1. The quantitative estimate of drug-likeness (QED) is 0.544. The number of aryl methyl sites for hydroxylation is 1. The minimum Gasteiger partial charge on any atom is -1.00 e. The number of carbonyl (C=O) groups excluding carboxylic acids is 1. The van der Waals surface area contributed by atoms with Gasteiger partial charge in [0.15, 0.2) is 11.9 Å². The summed E-state index contributed by atoms with van der Waals surface area (Å²) in [6.07, 6.45) is 1.91. The summed E-state index contributed by atoms with van der Waals surface area (Å²) in [5.41, 5.74) is 1.77. The molecule has 0 atom stereocenters. The summed E-state index contributed by atoms with van der Waals surface area (Å²) in [6.45, 7) is 2.35. The van der Waals surface area contributed by atoms with Crippen molar-refractivity contribution in [2.45, 2.75) is 13.5 Å². The zero-order valence-electron chi connectivity index (χ0n) is 11.0. The highest BCUT2D eigenvalue weighted by Crippen LogP contribution is 2.11. The van der Waals surface area contributed by atoms with Crippen LogP contribution < -0.4 is 26.3 Å². The molecule has 0 saturated carbocycles. The van der Waals surface area contributed by atoms with E-state index in [0.29, 0.717) is 12.1 Å². The topological polar surface area (TPSA) is 30.2 Å². The van der Waals surface area contributed by atoms with Crippen LogP contribution >= 0.6 is 0 Å². The summed E-state index contributed by atoms with van der Waals surface area (Å²) < 4.78 is 7.01. The van der Waals surface area contributed by atoms with E-state index in [1.807, 2.05) is 35.9 Å². The maximum absolute atomic E-state index is 12.1. The van der Waals surface area contributed by atoms with Gasteiger partial charge in [-0.15, -0.1) is 0 Å². The molecule has 0 spiro atoms. The number of hydrogen-bond donors (Lipinski definition) is 0. The van der Waals surface area contributed by atoms with Crippen LogP contribution in [0.15, 0.2) is 48.7 Å². The highest BCUT2D eigenvalue weighted by Gasteiger charge is 2.13. The summed E-state index contributed by atoms with van der Waals surface area (Å²) in [7, 11) is 1.61. The van der Waals surface area contributed by atoms with Gasteiger partial charge in [-0.1, -0.05) is 6.07 Å². The van der Waals surface area contributed by atoms with Crippen LogP contribution in [0.25, 0.3) is 0 Å². The number of Topliss-reactive ketones (excluding diaryl/α,β-unsaturated/α-hetero) is 1. The average Bonchev–Trinajstić information content (AvgIpc) is 2.41. The number of ketones is 1. The highest BCUT2D eigenvalue weighted by molar-refractivity contribution is 5.95. The van der Waals surface area contributed by atoms with Gasteiger partial charge in [0.05, 0.1) is 7.11 Å². The van der Waals surface area contributed by atoms with E-state index in [9.17, 15) is 4.79 Å². The lowest BCUT2D eigenvalue weighted by Crippen LogP contribution is -3.00. The molecule has 0 N–H and O–H groups in total. The molecule has 4 heteroatoms. The fraction of sp³-hybridized carbons (Fsp3) is 0.200. The summed E-state index contributed by atoms with van der Waals surface area (Å²) in [6, 6.07) is 13.1. The number of methoxy groups -OCH3 is 1. The molecule has 0 aliphatic heterocycles. The van der Waals surface area contributed by atoms with Gasteiger partial charge in [0, 0.05) is 24.6 Å². The van der Waals surface area contributed by atoms with Crippen molar-refractivity contribution in [2.24, 2.45) is 0 Å². The predicted octanol–water partition coefficient (Wildman–Crippen LogP) is -0.822. The molecule has 2 rings (SSSR count). The molecule has 0 unspecified atom stereocenters. The number of benzene rings is 1. The predicted molar refractivity (Wildman–Crippen MR) is 68.7 cm³/mol. The highest BCUT2D eigenvalue weighted by atomic mass is 79.9. The number of ether oxygens (including phenoxy) is 1. The molecular weight excluding hydrogens is 306 g/mol. The first kappa shape index (κ1) is 15.4. The largest absolute Gasteiger partial charge is 1.00 e. The Morgan fingerprint density at radius 2 is 1.84 bits per heavy atom. The molecule has 3 nitrogen and oxygen atoms in total. The summed E-state index contributed by atoms with van der Waals surface area (Å²) in [5.74, 6) is 0.854. The van der Waals surface area contributed by atoms with Gasteiger partial charge in [0.2, 0.25) is 12.3 Å². The van der Waals surface area contributed by atoms with Crippen molar-refractivity contribution in [3.63, 3.8) is 0 Å². The zero-order chi connectivity index (χ0) is 13.0. The van der Waals surface area contributed by atoms with E-state index in [4.69, 9.17) is 4.74 Å². The third kappa shape index (κ3) is 3.89. The Hall–Kier alpha value is -1.68. The monoisotopic (exact) mass is 321 g/mol. The maximum Gasteiger partial charge on any atom is 0.227 e. The first-order valence-electron chi connectivity index (χ1n) is 5.83. The second kappa shape index (κ2) is 7.04. The van der Waals surface area contributed by atoms with Crippen molar-refractivity contribution >= 4 is 5.78 Å². The van der Waals surface area contributed by atoms with Crippen molar-refractivity contribution in [1.82, 2.24) is 0 Å². The third-order valence-electron chi connectivity index (χ3n) is 2.89. The lowest BCUT2D eigenvalue weighted by molar-refractivity contribution is -0.689. The Kier molecular flexibility index (Phi) is 5.70. The van der Waals surface area contributed by atoms with Crippen LogP contribution in [0.2, 0.25) is 0 Å². The van der Waals surface area contributed by atoms with Crippen molar-refractivity contribution < 1.29 is 31.1 Å². The van der Waals surface area contributed by atoms with Crippen LogP contribution in [0.1, 0.15) is 16.1 Å². The first-order chi connectivity index (χ1) is 8.70. The van der Waals surface area contributed by atoms with E-state index in [0.717, 1.165) is 11.4 Å². The fourth-order valence-electron chi connectivity index (χ4n) is 1.76. The lowest BCUT2D eigenvalue weighted by atomic mass is 10.1. The van der Waals surface area contributed by atoms with Crippen LogP contribution in [-0.4, -0.2) is 12.9 Å². The number of rotatable bonds is 4. The molecule has 0 radical (unpaired) electrons. The molecule has 0 saturated heterocycles. The molecule has 0 aliphatic carbocycles. The molecule has 0 fully saturated rings. The van der Waals surface area contributed by atoms with Crippen molar-refractivity contribution in [1.29, 1.82) is 0 Å². The van der Waals surface area contributed by atoms with Gasteiger partial charge < -0.3 is 21.7 Å². The van der Waals surface area contributed by atoms with Crippen LogP contribution in [0, 0.1) is 6.92 Å². The van der Waals surface area contributed by atoms with Gasteiger partial charge in [0.1, 0.15) is 5.75 Å². The molecule has 0 amide bonds. The number of halogens is 1. The lowest BCUT2D eigenvalue weighted by Gasteiger charge is -2.02. The van der Waals surface area contributed by atoms with Gasteiger partial charge in [0.25, 0.3) is 0 Å². The van der Waals surface area contributed by atoms with E-state index in [1.54, 1.807) is 31.4 Å². The van der Waals surface area contributed by atoms with Crippen LogP contribution in [0.4, 0.5) is 0 Å². The average molecular weight is 322 g/mol. The summed E-state index contributed by atoms with van der Waals surface area (Å²) in [5, 5.41) is 0. The molecule has 0 bridgehead atoms. The minimum absolute atomic E-state index is 0. The SMILES string of the molecule is COc1ccc(C(=O)C[n+]2ccccc2C)cc1.[Br-]. The molecule has 1 aromatic heterocycles. The molecular formula is C15H16BrNO2. The smallest absolute Gasteiger partial charge is 0.227 e. The first-order valence-corrected chi connectivity index (χ1v) is 5.83. The summed E-state index contributed by atoms with van der Waals surface area (Å²) >= 11 is 0. The van der Waals surface area contributed by atoms with Crippen LogP contribution in [0.5, 0.6) is 5.75 Å². The zero-order valence-corrected chi connectivity index (χ0v) is 12.6. The Balaban J connectivity index is 0.00000180. The van der Waals surface area contributed by atoms with Crippen LogP contribution in [-0.2, 0) is 6.54 Å². The molecule has 0 aliphatic rings. The van der Waals surface area contributed by atoms with Crippen molar-refractivity contribution in [3.05, 3.63) is 59.9 Å². The Morgan fingerprint density at radius 1 is 1.16 bits per heavy atom. The van der Waals surface area contributed by atoms with E-state index in [-0.39, 0.29) is 22.8 Å². The number of pyridine rings is 1. The maximum atomic E-state index is 12.1. The van der Waals surface area contributed by atoms with E-state index < -0.39 is 0 Å². The van der Waals surface area contributed by atoms with Gasteiger partial charge in [-0.2, -0.15) is 4.57 Å². The fourth-order valence-corrected chi connectivity index (χ4v) is 1.76. The second-order valence-corrected chi connectivity index (χ2v) is 4.12. The Labute approximate surface area is 123 Å². The molecule has 100 valence electrons. The molecule has 1 aromatic carbocycles.